The number of nitrogen functional groups attached to an aromatic ring is 1. The van der Waals surface area contributed by atoms with Crippen molar-refractivity contribution >= 4 is 16.5 Å². The monoisotopic (exact) mass is 225 g/mol. The van der Waals surface area contributed by atoms with E-state index in [0.717, 1.165) is 30.6 Å². The van der Waals surface area contributed by atoms with Gasteiger partial charge in [-0.15, -0.1) is 11.3 Å². The van der Waals surface area contributed by atoms with Crippen molar-refractivity contribution in [2.45, 2.75) is 32.6 Å². The van der Waals surface area contributed by atoms with Crippen LogP contribution in [0.5, 0.6) is 0 Å². The quantitative estimate of drug-likeness (QED) is 0.769. The zero-order valence-electron chi connectivity index (χ0n) is 9.25. The topological polar surface area (TPSA) is 50.9 Å². The van der Waals surface area contributed by atoms with E-state index in [1.54, 1.807) is 11.3 Å². The molecule has 0 aromatic carbocycles. The average molecular weight is 225 g/mol. The molecule has 0 radical (unpaired) electrons. The lowest BCUT2D eigenvalue weighted by Gasteiger charge is -2.21. The highest BCUT2D eigenvalue weighted by molar-refractivity contribution is 7.15. The van der Waals surface area contributed by atoms with Gasteiger partial charge in [0.2, 0.25) is 0 Å². The van der Waals surface area contributed by atoms with E-state index in [0.29, 0.717) is 0 Å². The Bertz CT molecular complexity index is 322. The molecule has 1 heterocycles. The van der Waals surface area contributed by atoms with Gasteiger partial charge >= 0.3 is 0 Å². The van der Waals surface area contributed by atoms with Crippen molar-refractivity contribution in [1.82, 2.24) is 10.3 Å². The molecule has 3 N–H and O–H groups in total. The molecule has 84 valence electrons. The fourth-order valence-electron chi connectivity index (χ4n) is 2.12. The lowest BCUT2D eigenvalue weighted by molar-refractivity contribution is 0.426. The number of rotatable bonds is 4. The molecule has 0 aliphatic heterocycles. The molecule has 0 spiro atoms. The summed E-state index contributed by atoms with van der Waals surface area (Å²) in [6.45, 7) is 4.48. The molecule has 0 fully saturated rings. The van der Waals surface area contributed by atoms with E-state index in [1.165, 1.54) is 29.8 Å². The van der Waals surface area contributed by atoms with Crippen LogP contribution in [0.4, 0.5) is 5.13 Å². The Kier molecular flexibility index (Phi) is 3.59. The molecule has 0 amide bonds. The Morgan fingerprint density at radius 1 is 1.60 bits per heavy atom. The number of nitrogens with two attached hydrogens (primary N) is 1. The Labute approximate surface area is 95.1 Å². The van der Waals surface area contributed by atoms with Crippen LogP contribution < -0.4 is 11.1 Å². The minimum atomic E-state index is 0.738. The number of anilines is 1. The molecule has 0 bridgehead atoms. The van der Waals surface area contributed by atoms with Crippen molar-refractivity contribution in [2.24, 2.45) is 5.92 Å². The van der Waals surface area contributed by atoms with Gasteiger partial charge in [0.1, 0.15) is 0 Å². The Morgan fingerprint density at radius 2 is 2.47 bits per heavy atom. The Balaban J connectivity index is 1.88. The first-order chi connectivity index (χ1) is 7.29. The molecule has 0 saturated heterocycles. The minimum Gasteiger partial charge on any atom is -0.375 e. The summed E-state index contributed by atoms with van der Waals surface area (Å²) in [5.74, 6) is 0.781. The van der Waals surface area contributed by atoms with Crippen LogP contribution in [0.25, 0.3) is 0 Å². The van der Waals surface area contributed by atoms with Crippen LogP contribution in [-0.2, 0) is 12.8 Å². The number of fused-ring (bicyclic) bond motifs is 1. The maximum absolute atomic E-state index is 5.72. The molecule has 1 aromatic heterocycles. The maximum atomic E-state index is 5.72. The number of hydrogen-bond acceptors (Lipinski definition) is 4. The van der Waals surface area contributed by atoms with Gasteiger partial charge in [-0.3, -0.25) is 0 Å². The van der Waals surface area contributed by atoms with Crippen molar-refractivity contribution < 1.29 is 0 Å². The van der Waals surface area contributed by atoms with Gasteiger partial charge in [0, 0.05) is 4.88 Å². The van der Waals surface area contributed by atoms with E-state index in [1.807, 2.05) is 0 Å². The highest BCUT2D eigenvalue weighted by Gasteiger charge is 2.21. The number of hydrogen-bond donors (Lipinski definition) is 2. The molecule has 2 rings (SSSR count). The Morgan fingerprint density at radius 3 is 3.27 bits per heavy atom. The lowest BCUT2D eigenvalue weighted by atomic mass is 9.91. The summed E-state index contributed by atoms with van der Waals surface area (Å²) in [4.78, 5) is 5.78. The fraction of sp³-hybridized carbons (Fsp3) is 0.727. The van der Waals surface area contributed by atoms with Gasteiger partial charge in [0.15, 0.2) is 5.13 Å². The van der Waals surface area contributed by atoms with Crippen LogP contribution in [0, 0.1) is 5.92 Å². The SMILES string of the molecule is CCCNC[C@H]1CCc2nc(N)sc2C1. The van der Waals surface area contributed by atoms with E-state index in [9.17, 15) is 0 Å². The molecule has 15 heavy (non-hydrogen) atoms. The third-order valence-corrected chi connectivity index (χ3v) is 3.87. The second kappa shape index (κ2) is 4.94. The van der Waals surface area contributed by atoms with Gasteiger partial charge in [-0.2, -0.15) is 0 Å². The largest absolute Gasteiger partial charge is 0.375 e. The third-order valence-electron chi connectivity index (χ3n) is 2.92. The molecule has 3 nitrogen and oxygen atoms in total. The molecule has 1 aromatic rings. The third kappa shape index (κ3) is 2.69. The van der Waals surface area contributed by atoms with Crippen molar-refractivity contribution in [2.75, 3.05) is 18.8 Å². The second-order valence-electron chi connectivity index (χ2n) is 4.23. The maximum Gasteiger partial charge on any atom is 0.180 e. The summed E-state index contributed by atoms with van der Waals surface area (Å²) in [5.41, 5.74) is 6.97. The van der Waals surface area contributed by atoms with E-state index < -0.39 is 0 Å². The molecule has 4 heteroatoms. The number of aryl methyl sites for hydroxylation is 1. The highest BCUT2D eigenvalue weighted by atomic mass is 32.1. The molecule has 0 saturated carbocycles. The van der Waals surface area contributed by atoms with E-state index in [2.05, 4.69) is 17.2 Å². The minimum absolute atomic E-state index is 0.738. The summed E-state index contributed by atoms with van der Waals surface area (Å²) >= 11 is 1.67. The van der Waals surface area contributed by atoms with Crippen LogP contribution in [0.2, 0.25) is 0 Å². The van der Waals surface area contributed by atoms with Gasteiger partial charge in [0.05, 0.1) is 5.69 Å². The van der Waals surface area contributed by atoms with Gasteiger partial charge in [-0.25, -0.2) is 4.98 Å². The number of nitrogens with zero attached hydrogens (tertiary/aromatic N) is 1. The van der Waals surface area contributed by atoms with Gasteiger partial charge in [0.25, 0.3) is 0 Å². The van der Waals surface area contributed by atoms with Crippen molar-refractivity contribution in [1.29, 1.82) is 0 Å². The first-order valence-electron chi connectivity index (χ1n) is 5.74. The zero-order valence-corrected chi connectivity index (χ0v) is 10.1. The van der Waals surface area contributed by atoms with Gasteiger partial charge < -0.3 is 11.1 Å². The smallest absolute Gasteiger partial charge is 0.180 e. The Hall–Kier alpha value is -0.610. The summed E-state index contributed by atoms with van der Waals surface area (Å²) in [7, 11) is 0. The number of nitrogens with one attached hydrogen (secondary N) is 1. The summed E-state index contributed by atoms with van der Waals surface area (Å²) < 4.78 is 0. The molecule has 1 atom stereocenters. The predicted octanol–water partition coefficient (Wildman–Crippen LogP) is 1.83. The molecule has 1 aliphatic carbocycles. The number of thiazole rings is 1. The lowest BCUT2D eigenvalue weighted by Crippen LogP contribution is -2.27. The average Bonchev–Trinajstić information content (AvgIpc) is 2.57. The van der Waals surface area contributed by atoms with Crippen molar-refractivity contribution in [3.63, 3.8) is 0 Å². The van der Waals surface area contributed by atoms with Crippen LogP contribution in [-0.4, -0.2) is 18.1 Å². The van der Waals surface area contributed by atoms with Crippen LogP contribution in [0.15, 0.2) is 0 Å². The second-order valence-corrected chi connectivity index (χ2v) is 5.35. The van der Waals surface area contributed by atoms with Gasteiger partial charge in [-0.1, -0.05) is 6.92 Å². The summed E-state index contributed by atoms with van der Waals surface area (Å²) in [5, 5.41) is 4.23. The highest BCUT2D eigenvalue weighted by Crippen LogP contribution is 2.30. The van der Waals surface area contributed by atoms with Crippen LogP contribution in [0.1, 0.15) is 30.3 Å². The van der Waals surface area contributed by atoms with Gasteiger partial charge in [-0.05, 0) is 44.7 Å². The number of aromatic nitrogens is 1. The van der Waals surface area contributed by atoms with E-state index in [4.69, 9.17) is 5.73 Å². The fourth-order valence-corrected chi connectivity index (χ4v) is 3.11. The van der Waals surface area contributed by atoms with Crippen molar-refractivity contribution in [3.05, 3.63) is 10.6 Å². The van der Waals surface area contributed by atoms with Crippen LogP contribution in [0.3, 0.4) is 0 Å². The molecule has 0 unspecified atom stereocenters. The summed E-state index contributed by atoms with van der Waals surface area (Å²) in [6, 6.07) is 0. The zero-order chi connectivity index (χ0) is 10.7. The molecular formula is C11H19N3S. The van der Waals surface area contributed by atoms with Crippen LogP contribution >= 0.6 is 11.3 Å². The van der Waals surface area contributed by atoms with Crippen molar-refractivity contribution in [3.8, 4) is 0 Å². The first-order valence-corrected chi connectivity index (χ1v) is 6.56. The van der Waals surface area contributed by atoms with E-state index >= 15 is 0 Å². The normalized spacial score (nSPS) is 20.2. The standard InChI is InChI=1S/C11H19N3S/c1-2-5-13-7-8-3-4-9-10(6-8)15-11(12)14-9/h8,13H,2-7H2,1H3,(H2,12,14)/t8-/m0/s1. The first kappa shape index (κ1) is 10.9. The van der Waals surface area contributed by atoms with E-state index in [-0.39, 0.29) is 0 Å². The summed E-state index contributed by atoms with van der Waals surface area (Å²) in [6.07, 6.45) is 4.75. The predicted molar refractivity (Wildman–Crippen MR) is 65.2 cm³/mol. The molecule has 1 aliphatic rings. The molecular weight excluding hydrogens is 206 g/mol.